The molecular formula is C14H18ClN3OS. The minimum Gasteiger partial charge on any atom is -0.340 e. The third kappa shape index (κ3) is 4.03. The van der Waals surface area contributed by atoms with E-state index in [0.29, 0.717) is 11.4 Å². The lowest BCUT2D eigenvalue weighted by atomic mass is 10.1. The summed E-state index contributed by atoms with van der Waals surface area (Å²) in [5.74, 6) is 0.0231. The highest BCUT2D eigenvalue weighted by atomic mass is 35.5. The van der Waals surface area contributed by atoms with Gasteiger partial charge in [0.1, 0.15) is 4.88 Å². The Morgan fingerprint density at radius 2 is 2.05 bits per heavy atom. The SMILES string of the molecule is CNCCN(C)C(=O)c1cc(-c2ccccc2)ns1.Cl. The van der Waals surface area contributed by atoms with Crippen LogP contribution in [0, 0.1) is 0 Å². The minimum absolute atomic E-state index is 0. The third-order valence-electron chi connectivity index (χ3n) is 2.83. The molecule has 2 rings (SSSR count). The summed E-state index contributed by atoms with van der Waals surface area (Å²) in [5.41, 5.74) is 1.90. The first-order valence-electron chi connectivity index (χ1n) is 6.14. The second kappa shape index (κ2) is 7.99. The van der Waals surface area contributed by atoms with Gasteiger partial charge in [-0.15, -0.1) is 12.4 Å². The van der Waals surface area contributed by atoms with Gasteiger partial charge in [-0.25, -0.2) is 0 Å². The largest absolute Gasteiger partial charge is 0.340 e. The van der Waals surface area contributed by atoms with Gasteiger partial charge in [0.15, 0.2) is 0 Å². The van der Waals surface area contributed by atoms with E-state index in [9.17, 15) is 4.79 Å². The number of amides is 1. The second-order valence-electron chi connectivity index (χ2n) is 4.27. The third-order valence-corrected chi connectivity index (χ3v) is 3.61. The molecule has 2 aromatic rings. The van der Waals surface area contributed by atoms with Crippen molar-refractivity contribution in [2.24, 2.45) is 0 Å². The molecule has 6 heteroatoms. The van der Waals surface area contributed by atoms with Crippen LogP contribution in [0.2, 0.25) is 0 Å². The maximum Gasteiger partial charge on any atom is 0.265 e. The molecule has 0 bridgehead atoms. The molecule has 0 saturated heterocycles. The Morgan fingerprint density at radius 3 is 2.70 bits per heavy atom. The summed E-state index contributed by atoms with van der Waals surface area (Å²) in [5, 5.41) is 3.03. The van der Waals surface area contributed by atoms with Gasteiger partial charge in [-0.2, -0.15) is 4.37 Å². The molecule has 4 nitrogen and oxygen atoms in total. The summed E-state index contributed by atoms with van der Waals surface area (Å²) < 4.78 is 4.35. The first kappa shape index (κ1) is 16.6. The first-order valence-corrected chi connectivity index (χ1v) is 6.92. The van der Waals surface area contributed by atoms with Gasteiger partial charge in [-0.1, -0.05) is 30.3 Å². The average Bonchev–Trinajstić information content (AvgIpc) is 2.94. The zero-order valence-corrected chi connectivity index (χ0v) is 13.1. The van der Waals surface area contributed by atoms with Gasteiger partial charge in [0.2, 0.25) is 0 Å². The summed E-state index contributed by atoms with van der Waals surface area (Å²) >= 11 is 1.25. The molecule has 1 N–H and O–H groups in total. The van der Waals surface area contributed by atoms with Crippen molar-refractivity contribution < 1.29 is 4.79 Å². The van der Waals surface area contributed by atoms with Crippen LogP contribution in [0.15, 0.2) is 36.4 Å². The van der Waals surface area contributed by atoms with Crippen LogP contribution in [-0.2, 0) is 0 Å². The van der Waals surface area contributed by atoms with Crippen LogP contribution in [0.3, 0.4) is 0 Å². The van der Waals surface area contributed by atoms with E-state index in [1.807, 2.05) is 50.5 Å². The van der Waals surface area contributed by atoms with Crippen LogP contribution in [0.25, 0.3) is 11.3 Å². The van der Waals surface area contributed by atoms with Crippen LogP contribution in [-0.4, -0.2) is 42.4 Å². The predicted octanol–water partition coefficient (Wildman–Crippen LogP) is 2.52. The number of likely N-dealkylation sites (N-methyl/N-ethyl adjacent to an activating group) is 2. The maximum absolute atomic E-state index is 12.2. The molecule has 1 heterocycles. The van der Waals surface area contributed by atoms with E-state index in [2.05, 4.69) is 9.69 Å². The van der Waals surface area contributed by atoms with Gasteiger partial charge in [-0.05, 0) is 24.6 Å². The summed E-state index contributed by atoms with van der Waals surface area (Å²) in [6, 6.07) is 11.7. The smallest absolute Gasteiger partial charge is 0.265 e. The molecule has 0 aliphatic carbocycles. The molecule has 1 aromatic heterocycles. The molecule has 0 atom stereocenters. The van der Waals surface area contributed by atoms with Crippen molar-refractivity contribution in [1.29, 1.82) is 0 Å². The van der Waals surface area contributed by atoms with E-state index in [1.54, 1.807) is 4.90 Å². The van der Waals surface area contributed by atoms with Gasteiger partial charge in [-0.3, -0.25) is 4.79 Å². The minimum atomic E-state index is 0. The molecule has 1 amide bonds. The van der Waals surface area contributed by atoms with Crippen LogP contribution >= 0.6 is 23.9 Å². The molecule has 0 aliphatic rings. The monoisotopic (exact) mass is 311 g/mol. The van der Waals surface area contributed by atoms with Crippen LogP contribution in [0.1, 0.15) is 9.67 Å². The number of benzene rings is 1. The summed E-state index contributed by atoms with van der Waals surface area (Å²) in [4.78, 5) is 14.5. The average molecular weight is 312 g/mol. The molecule has 0 saturated carbocycles. The van der Waals surface area contributed by atoms with Crippen molar-refractivity contribution >= 4 is 29.8 Å². The lowest BCUT2D eigenvalue weighted by Crippen LogP contribution is -2.32. The zero-order valence-electron chi connectivity index (χ0n) is 11.5. The Balaban J connectivity index is 0.00000200. The van der Waals surface area contributed by atoms with E-state index < -0.39 is 0 Å². The Kier molecular flexibility index (Phi) is 6.64. The second-order valence-corrected chi connectivity index (χ2v) is 5.08. The van der Waals surface area contributed by atoms with E-state index in [-0.39, 0.29) is 18.3 Å². The molecule has 1 aromatic carbocycles. The first-order chi connectivity index (χ1) is 9.22. The Labute approximate surface area is 129 Å². The van der Waals surface area contributed by atoms with E-state index in [0.717, 1.165) is 17.8 Å². The molecule has 0 radical (unpaired) electrons. The molecule has 0 aliphatic heterocycles. The molecule has 0 fully saturated rings. The summed E-state index contributed by atoms with van der Waals surface area (Å²) in [6.45, 7) is 1.47. The number of rotatable bonds is 5. The number of carbonyl (C=O) groups is 1. The number of nitrogens with zero attached hydrogens (tertiary/aromatic N) is 2. The number of aromatic nitrogens is 1. The highest BCUT2D eigenvalue weighted by molar-refractivity contribution is 7.08. The summed E-state index contributed by atoms with van der Waals surface area (Å²) in [6.07, 6.45) is 0. The van der Waals surface area contributed by atoms with Gasteiger partial charge in [0.05, 0.1) is 5.69 Å². The van der Waals surface area contributed by atoms with Crippen LogP contribution < -0.4 is 5.32 Å². The highest BCUT2D eigenvalue weighted by Gasteiger charge is 2.15. The zero-order chi connectivity index (χ0) is 13.7. The molecule has 0 unspecified atom stereocenters. The van der Waals surface area contributed by atoms with E-state index in [4.69, 9.17) is 0 Å². The van der Waals surface area contributed by atoms with Gasteiger partial charge >= 0.3 is 0 Å². The number of hydrogen-bond donors (Lipinski definition) is 1. The van der Waals surface area contributed by atoms with E-state index in [1.165, 1.54) is 11.5 Å². The number of carbonyl (C=O) groups excluding carboxylic acids is 1. The van der Waals surface area contributed by atoms with Crippen LogP contribution in [0.4, 0.5) is 0 Å². The number of halogens is 1. The predicted molar refractivity (Wildman–Crippen MR) is 85.7 cm³/mol. The lowest BCUT2D eigenvalue weighted by molar-refractivity contribution is 0.0801. The molecule has 20 heavy (non-hydrogen) atoms. The van der Waals surface area contributed by atoms with Gasteiger partial charge < -0.3 is 10.2 Å². The van der Waals surface area contributed by atoms with Crippen molar-refractivity contribution in [3.8, 4) is 11.3 Å². The highest BCUT2D eigenvalue weighted by Crippen LogP contribution is 2.22. The quantitative estimate of drug-likeness (QED) is 0.923. The normalized spacial score (nSPS) is 9.90. The Hall–Kier alpha value is -1.43. The Bertz CT molecular complexity index is 544. The Morgan fingerprint density at radius 1 is 1.35 bits per heavy atom. The van der Waals surface area contributed by atoms with Gasteiger partial charge in [0, 0.05) is 25.7 Å². The van der Waals surface area contributed by atoms with Crippen molar-refractivity contribution in [2.45, 2.75) is 0 Å². The van der Waals surface area contributed by atoms with Gasteiger partial charge in [0.25, 0.3) is 5.91 Å². The van der Waals surface area contributed by atoms with Crippen molar-refractivity contribution in [3.63, 3.8) is 0 Å². The molecular weight excluding hydrogens is 294 g/mol. The fourth-order valence-electron chi connectivity index (χ4n) is 1.69. The maximum atomic E-state index is 12.2. The molecule has 108 valence electrons. The van der Waals surface area contributed by atoms with Crippen LogP contribution in [0.5, 0.6) is 0 Å². The standard InChI is InChI=1S/C14H17N3OS.ClH/c1-15-8-9-17(2)14(18)13-10-12(16-19-13)11-6-4-3-5-7-11;/h3-7,10,15H,8-9H2,1-2H3;1H. The van der Waals surface area contributed by atoms with Crippen molar-refractivity contribution in [1.82, 2.24) is 14.6 Å². The van der Waals surface area contributed by atoms with Crippen molar-refractivity contribution in [3.05, 3.63) is 41.3 Å². The fraction of sp³-hybridized carbons (Fsp3) is 0.286. The lowest BCUT2D eigenvalue weighted by Gasteiger charge is -2.15. The topological polar surface area (TPSA) is 45.2 Å². The number of nitrogens with one attached hydrogen (secondary N) is 1. The number of hydrogen-bond acceptors (Lipinski definition) is 4. The fourth-order valence-corrected chi connectivity index (χ4v) is 2.44. The summed E-state index contributed by atoms with van der Waals surface area (Å²) in [7, 11) is 3.68. The van der Waals surface area contributed by atoms with E-state index >= 15 is 0 Å². The molecule has 0 spiro atoms. The van der Waals surface area contributed by atoms with Crippen molar-refractivity contribution in [2.75, 3.05) is 27.2 Å².